The Morgan fingerprint density at radius 1 is 1.06 bits per heavy atom. The van der Waals surface area contributed by atoms with Gasteiger partial charge in [0, 0.05) is 32.2 Å². The first-order valence-corrected chi connectivity index (χ1v) is 12.6. The maximum Gasteiger partial charge on any atom is 0.246 e. The molecule has 9 heteroatoms. The van der Waals surface area contributed by atoms with Crippen LogP contribution in [-0.4, -0.2) is 66.6 Å². The molecule has 1 aromatic carbocycles. The highest BCUT2D eigenvalue weighted by Crippen LogP contribution is 2.50. The summed E-state index contributed by atoms with van der Waals surface area (Å²) >= 11 is 0. The minimum atomic E-state index is -3.67. The summed E-state index contributed by atoms with van der Waals surface area (Å²) in [7, 11) is -2.04. The van der Waals surface area contributed by atoms with Gasteiger partial charge in [0.1, 0.15) is 10.6 Å². The number of aryl methyl sites for hydroxylation is 1. The summed E-state index contributed by atoms with van der Waals surface area (Å²) in [6.07, 6.45) is 1.65. The van der Waals surface area contributed by atoms with Crippen LogP contribution >= 0.6 is 0 Å². The van der Waals surface area contributed by atoms with E-state index in [1.165, 1.54) is 4.31 Å². The van der Waals surface area contributed by atoms with Gasteiger partial charge in [0.15, 0.2) is 0 Å². The predicted octanol–water partition coefficient (Wildman–Crippen LogP) is 2.65. The van der Waals surface area contributed by atoms with Gasteiger partial charge >= 0.3 is 0 Å². The zero-order valence-corrected chi connectivity index (χ0v) is 20.3. The third kappa shape index (κ3) is 3.71. The van der Waals surface area contributed by atoms with Crippen molar-refractivity contribution < 1.29 is 17.9 Å². The molecule has 1 saturated heterocycles. The lowest BCUT2D eigenvalue weighted by Crippen LogP contribution is -2.53. The molecule has 1 aliphatic carbocycles. The maximum absolute atomic E-state index is 13.4. The van der Waals surface area contributed by atoms with Crippen LogP contribution in [0.2, 0.25) is 0 Å². The van der Waals surface area contributed by atoms with Crippen LogP contribution < -0.4 is 4.74 Å². The van der Waals surface area contributed by atoms with Crippen molar-refractivity contribution in [2.24, 2.45) is 0 Å². The number of aromatic nitrogens is 2. The average molecular weight is 461 g/mol. The van der Waals surface area contributed by atoms with Gasteiger partial charge in [-0.2, -0.15) is 9.40 Å². The van der Waals surface area contributed by atoms with Crippen LogP contribution in [0.5, 0.6) is 5.75 Å². The van der Waals surface area contributed by atoms with Crippen LogP contribution in [0.3, 0.4) is 0 Å². The standard InChI is InChI=1S/C23H32N4O4S/c1-16(2)27-18(4)21(17(3)24-27)32(29,30)26-14-12-25(13-15-26)22(28)23(10-11-23)19-6-8-20(31-5)9-7-19/h6-9,16H,10-15H2,1-5H3. The van der Waals surface area contributed by atoms with Crippen molar-refractivity contribution in [2.75, 3.05) is 33.3 Å². The summed E-state index contributed by atoms with van der Waals surface area (Å²) in [5.74, 6) is 0.863. The Bertz CT molecular complexity index is 1110. The van der Waals surface area contributed by atoms with Gasteiger partial charge in [0.25, 0.3) is 0 Å². The van der Waals surface area contributed by atoms with Crippen molar-refractivity contribution in [1.29, 1.82) is 0 Å². The van der Waals surface area contributed by atoms with Crippen LogP contribution in [0.25, 0.3) is 0 Å². The summed E-state index contributed by atoms with van der Waals surface area (Å²) in [6.45, 7) is 8.88. The summed E-state index contributed by atoms with van der Waals surface area (Å²) in [6, 6.07) is 7.77. The molecule has 8 nitrogen and oxygen atoms in total. The lowest BCUT2D eigenvalue weighted by molar-refractivity contribution is -0.135. The lowest BCUT2D eigenvalue weighted by Gasteiger charge is -2.36. The minimum Gasteiger partial charge on any atom is -0.497 e. The number of methoxy groups -OCH3 is 1. The van der Waals surface area contributed by atoms with Gasteiger partial charge in [-0.1, -0.05) is 12.1 Å². The van der Waals surface area contributed by atoms with Gasteiger partial charge in [-0.15, -0.1) is 0 Å². The second-order valence-corrected chi connectivity index (χ2v) is 10.9. The van der Waals surface area contributed by atoms with Gasteiger partial charge in [0.05, 0.1) is 23.9 Å². The Morgan fingerprint density at radius 3 is 2.12 bits per heavy atom. The van der Waals surface area contributed by atoms with E-state index in [0.29, 0.717) is 42.5 Å². The van der Waals surface area contributed by atoms with Crippen LogP contribution in [0, 0.1) is 13.8 Å². The Balaban J connectivity index is 1.48. The zero-order valence-electron chi connectivity index (χ0n) is 19.5. The number of carbonyl (C=O) groups excluding carboxylic acids is 1. The van der Waals surface area contributed by atoms with Crippen molar-refractivity contribution in [1.82, 2.24) is 19.0 Å². The van der Waals surface area contributed by atoms with Gasteiger partial charge in [0.2, 0.25) is 15.9 Å². The predicted molar refractivity (Wildman–Crippen MR) is 121 cm³/mol. The number of hydrogen-bond donors (Lipinski definition) is 0. The van der Waals surface area contributed by atoms with Gasteiger partial charge in [-0.05, 0) is 58.2 Å². The Kier molecular flexibility index (Phi) is 5.83. The molecule has 2 heterocycles. The molecule has 2 aromatic rings. The fraction of sp³-hybridized carbons (Fsp3) is 0.565. The smallest absolute Gasteiger partial charge is 0.246 e. The fourth-order valence-electron chi connectivity index (χ4n) is 4.75. The molecule has 2 aliphatic rings. The van der Waals surface area contributed by atoms with Gasteiger partial charge < -0.3 is 9.64 Å². The van der Waals surface area contributed by atoms with E-state index < -0.39 is 15.4 Å². The molecule has 174 valence electrons. The Hall–Kier alpha value is -2.39. The maximum atomic E-state index is 13.4. The van der Waals surface area contributed by atoms with E-state index >= 15 is 0 Å². The molecule has 1 aliphatic heterocycles. The van der Waals surface area contributed by atoms with E-state index in [0.717, 1.165) is 24.2 Å². The number of nitrogens with zero attached hydrogens (tertiary/aromatic N) is 4. The molecular formula is C23H32N4O4S. The monoisotopic (exact) mass is 460 g/mol. The third-order valence-corrected chi connectivity index (χ3v) is 8.83. The molecule has 1 saturated carbocycles. The number of sulfonamides is 1. The van der Waals surface area contributed by atoms with E-state index in [-0.39, 0.29) is 11.9 Å². The molecule has 2 fully saturated rings. The van der Waals surface area contributed by atoms with Crippen molar-refractivity contribution >= 4 is 15.9 Å². The normalized spacial score (nSPS) is 18.8. The Labute approximate surface area is 190 Å². The number of hydrogen-bond acceptors (Lipinski definition) is 5. The van der Waals surface area contributed by atoms with Crippen molar-refractivity contribution in [3.63, 3.8) is 0 Å². The molecule has 1 aromatic heterocycles. The topological polar surface area (TPSA) is 84.7 Å². The van der Waals surface area contributed by atoms with Gasteiger partial charge in [-0.25, -0.2) is 8.42 Å². The molecule has 4 rings (SSSR count). The molecule has 0 atom stereocenters. The van der Waals surface area contributed by atoms with Crippen molar-refractivity contribution in [3.8, 4) is 5.75 Å². The number of ether oxygens (including phenoxy) is 1. The molecule has 0 spiro atoms. The summed E-state index contributed by atoms with van der Waals surface area (Å²) in [5.41, 5.74) is 1.71. The molecule has 0 radical (unpaired) electrons. The number of piperazine rings is 1. The molecule has 0 bridgehead atoms. The molecule has 32 heavy (non-hydrogen) atoms. The van der Waals surface area contributed by atoms with Gasteiger partial charge in [-0.3, -0.25) is 9.48 Å². The summed E-state index contributed by atoms with van der Waals surface area (Å²) in [5, 5.41) is 4.44. The van der Waals surface area contributed by atoms with Crippen LogP contribution in [0.15, 0.2) is 29.2 Å². The fourth-order valence-corrected chi connectivity index (χ4v) is 6.53. The van der Waals surface area contributed by atoms with Crippen molar-refractivity contribution in [2.45, 2.75) is 56.9 Å². The van der Waals surface area contributed by atoms with Crippen LogP contribution in [0.1, 0.15) is 49.7 Å². The zero-order chi connectivity index (χ0) is 23.3. The second kappa shape index (κ2) is 8.19. The summed E-state index contributed by atoms with van der Waals surface area (Å²) in [4.78, 5) is 15.5. The number of carbonyl (C=O) groups is 1. The van der Waals surface area contributed by atoms with Crippen molar-refractivity contribution in [3.05, 3.63) is 41.2 Å². The van der Waals surface area contributed by atoms with E-state index in [1.54, 1.807) is 25.6 Å². The highest BCUT2D eigenvalue weighted by Gasteiger charge is 2.53. The van der Waals surface area contributed by atoms with E-state index in [4.69, 9.17) is 4.74 Å². The lowest BCUT2D eigenvalue weighted by atomic mass is 9.94. The number of amides is 1. The SMILES string of the molecule is COc1ccc(C2(C(=O)N3CCN(S(=O)(=O)c4c(C)nn(C(C)C)c4C)CC3)CC2)cc1. The summed E-state index contributed by atoms with van der Waals surface area (Å²) < 4.78 is 35.3. The first-order chi connectivity index (χ1) is 15.1. The number of rotatable bonds is 6. The first kappa shape index (κ1) is 22.8. The molecular weight excluding hydrogens is 428 g/mol. The highest BCUT2D eigenvalue weighted by atomic mass is 32.2. The highest BCUT2D eigenvalue weighted by molar-refractivity contribution is 7.89. The van der Waals surface area contributed by atoms with Crippen LogP contribution in [0.4, 0.5) is 0 Å². The van der Waals surface area contributed by atoms with Crippen LogP contribution in [-0.2, 0) is 20.2 Å². The Morgan fingerprint density at radius 2 is 1.66 bits per heavy atom. The number of benzene rings is 1. The molecule has 1 amide bonds. The van der Waals surface area contributed by atoms with E-state index in [1.807, 2.05) is 43.0 Å². The minimum absolute atomic E-state index is 0.0832. The molecule has 0 unspecified atom stereocenters. The quantitative estimate of drug-likeness (QED) is 0.662. The third-order valence-electron chi connectivity index (χ3n) is 6.67. The largest absolute Gasteiger partial charge is 0.497 e. The average Bonchev–Trinajstić information content (AvgIpc) is 3.52. The second-order valence-electron chi connectivity index (χ2n) is 9.05. The van der Waals surface area contributed by atoms with E-state index in [9.17, 15) is 13.2 Å². The molecule has 0 N–H and O–H groups in total. The van der Waals surface area contributed by atoms with E-state index in [2.05, 4.69) is 5.10 Å². The first-order valence-electron chi connectivity index (χ1n) is 11.1.